The first-order valence-electron chi connectivity index (χ1n) is 6.77. The molecule has 0 aliphatic carbocycles. The van der Waals surface area contributed by atoms with E-state index in [2.05, 4.69) is 0 Å². The van der Waals surface area contributed by atoms with E-state index in [0.29, 0.717) is 13.1 Å². The van der Waals surface area contributed by atoms with Crippen LogP contribution in [-0.2, 0) is 4.79 Å². The maximum Gasteiger partial charge on any atom is 0.270 e. The van der Waals surface area contributed by atoms with E-state index in [1.807, 2.05) is 43.9 Å². The van der Waals surface area contributed by atoms with Crippen LogP contribution in [-0.4, -0.2) is 24.6 Å². The minimum Gasteiger partial charge on any atom is -0.476 e. The molecule has 1 heterocycles. The van der Waals surface area contributed by atoms with Gasteiger partial charge in [-0.2, -0.15) is 0 Å². The molecule has 4 nitrogen and oxygen atoms in total. The number of aryl methyl sites for hydroxylation is 1. The molecule has 1 amide bonds. The summed E-state index contributed by atoms with van der Waals surface area (Å²) in [6.07, 6.45) is 1.83. The minimum atomic E-state index is -0.801. The molecule has 2 rings (SSSR count). The van der Waals surface area contributed by atoms with Gasteiger partial charge in [0.15, 0.2) is 5.60 Å². The van der Waals surface area contributed by atoms with E-state index in [0.717, 1.165) is 29.8 Å². The lowest BCUT2D eigenvalue weighted by molar-refractivity contribution is -0.132. The van der Waals surface area contributed by atoms with E-state index in [1.165, 1.54) is 0 Å². The molecule has 2 N–H and O–H groups in total. The van der Waals surface area contributed by atoms with Crippen LogP contribution in [0.1, 0.15) is 32.3 Å². The lowest BCUT2D eigenvalue weighted by Crippen LogP contribution is -2.52. The molecule has 104 valence electrons. The van der Waals surface area contributed by atoms with E-state index >= 15 is 0 Å². The van der Waals surface area contributed by atoms with Crippen molar-refractivity contribution in [2.45, 2.75) is 39.2 Å². The van der Waals surface area contributed by atoms with Crippen molar-refractivity contribution in [3.63, 3.8) is 0 Å². The van der Waals surface area contributed by atoms with Gasteiger partial charge in [-0.1, -0.05) is 6.07 Å². The summed E-state index contributed by atoms with van der Waals surface area (Å²) in [4.78, 5) is 14.3. The van der Waals surface area contributed by atoms with Gasteiger partial charge in [-0.05, 0) is 57.9 Å². The van der Waals surface area contributed by atoms with Crippen molar-refractivity contribution in [1.82, 2.24) is 0 Å². The molecule has 0 saturated heterocycles. The van der Waals surface area contributed by atoms with Gasteiger partial charge in [0.2, 0.25) is 0 Å². The third-order valence-corrected chi connectivity index (χ3v) is 3.37. The Bertz CT molecular complexity index is 483. The van der Waals surface area contributed by atoms with Crippen molar-refractivity contribution in [3.8, 4) is 5.75 Å². The van der Waals surface area contributed by atoms with Gasteiger partial charge < -0.3 is 15.4 Å². The molecule has 0 fully saturated rings. The van der Waals surface area contributed by atoms with Gasteiger partial charge in [-0.15, -0.1) is 0 Å². The highest BCUT2D eigenvalue weighted by atomic mass is 16.5. The number of hydrogen-bond acceptors (Lipinski definition) is 3. The number of fused-ring (bicyclic) bond motifs is 1. The number of anilines is 1. The molecular formula is C15H22N2O2. The van der Waals surface area contributed by atoms with Gasteiger partial charge in [0, 0.05) is 6.54 Å². The first kappa shape index (κ1) is 13.9. The Balaban J connectivity index is 2.33. The third-order valence-electron chi connectivity index (χ3n) is 3.37. The molecule has 0 saturated carbocycles. The van der Waals surface area contributed by atoms with E-state index in [9.17, 15) is 4.79 Å². The van der Waals surface area contributed by atoms with Gasteiger partial charge in [0.05, 0.1) is 5.69 Å². The lowest BCUT2D eigenvalue weighted by atomic mass is 10.0. The van der Waals surface area contributed by atoms with Crippen LogP contribution in [0.15, 0.2) is 18.2 Å². The second kappa shape index (κ2) is 5.21. The van der Waals surface area contributed by atoms with Crippen LogP contribution in [0, 0.1) is 6.92 Å². The number of amides is 1. The third kappa shape index (κ3) is 2.73. The SMILES string of the molecule is Cc1ccc2c(c1)N(CCCCN)C(=O)C(C)(C)O2. The van der Waals surface area contributed by atoms with Crippen LogP contribution in [0.5, 0.6) is 5.75 Å². The zero-order valence-corrected chi connectivity index (χ0v) is 11.9. The highest BCUT2D eigenvalue weighted by Gasteiger charge is 2.40. The Morgan fingerprint density at radius 1 is 1.32 bits per heavy atom. The van der Waals surface area contributed by atoms with Crippen molar-refractivity contribution in [3.05, 3.63) is 23.8 Å². The monoisotopic (exact) mass is 262 g/mol. The topological polar surface area (TPSA) is 55.6 Å². The Labute approximate surface area is 114 Å². The summed E-state index contributed by atoms with van der Waals surface area (Å²) in [5.74, 6) is 0.797. The van der Waals surface area contributed by atoms with E-state index in [1.54, 1.807) is 0 Å². The van der Waals surface area contributed by atoms with E-state index in [-0.39, 0.29) is 5.91 Å². The minimum absolute atomic E-state index is 0.0163. The Hall–Kier alpha value is -1.55. The maximum absolute atomic E-state index is 12.5. The standard InChI is InChI=1S/C15H22N2O2/c1-11-6-7-13-12(10-11)17(9-5-4-8-16)14(18)15(2,3)19-13/h6-7,10H,4-5,8-9,16H2,1-3H3. The van der Waals surface area contributed by atoms with Gasteiger partial charge >= 0.3 is 0 Å². The lowest BCUT2D eigenvalue weighted by Gasteiger charge is -2.39. The van der Waals surface area contributed by atoms with Crippen LogP contribution in [0.25, 0.3) is 0 Å². The Morgan fingerprint density at radius 2 is 2.05 bits per heavy atom. The van der Waals surface area contributed by atoms with Gasteiger partial charge in [0.25, 0.3) is 5.91 Å². The molecule has 0 spiro atoms. The van der Waals surface area contributed by atoms with E-state index in [4.69, 9.17) is 10.5 Å². The van der Waals surface area contributed by atoms with Crippen LogP contribution >= 0.6 is 0 Å². The molecule has 0 radical (unpaired) electrons. The molecular weight excluding hydrogens is 240 g/mol. The number of rotatable bonds is 4. The molecule has 4 heteroatoms. The number of benzene rings is 1. The smallest absolute Gasteiger partial charge is 0.270 e. The summed E-state index contributed by atoms with van der Waals surface area (Å²) in [5.41, 5.74) is 6.72. The van der Waals surface area contributed by atoms with Crippen molar-refractivity contribution < 1.29 is 9.53 Å². The average Bonchev–Trinajstić information content (AvgIpc) is 2.35. The quantitative estimate of drug-likeness (QED) is 0.847. The van der Waals surface area contributed by atoms with Gasteiger partial charge in [0.1, 0.15) is 5.75 Å². The fraction of sp³-hybridized carbons (Fsp3) is 0.533. The molecule has 0 bridgehead atoms. The fourth-order valence-corrected chi connectivity index (χ4v) is 2.31. The van der Waals surface area contributed by atoms with Gasteiger partial charge in [-0.25, -0.2) is 0 Å². The Kier molecular flexibility index (Phi) is 3.80. The fourth-order valence-electron chi connectivity index (χ4n) is 2.31. The predicted molar refractivity (Wildman–Crippen MR) is 76.5 cm³/mol. The van der Waals surface area contributed by atoms with Crippen LogP contribution in [0.3, 0.4) is 0 Å². The summed E-state index contributed by atoms with van der Waals surface area (Å²) in [6.45, 7) is 6.99. The molecule has 0 unspecified atom stereocenters. The summed E-state index contributed by atoms with van der Waals surface area (Å²) < 4.78 is 5.81. The highest BCUT2D eigenvalue weighted by Crippen LogP contribution is 2.38. The summed E-state index contributed by atoms with van der Waals surface area (Å²) in [7, 11) is 0. The van der Waals surface area contributed by atoms with Gasteiger partial charge in [-0.3, -0.25) is 4.79 Å². The number of nitrogens with zero attached hydrogens (tertiary/aromatic N) is 1. The predicted octanol–water partition coefficient (Wildman–Crippen LogP) is 2.24. The second-order valence-electron chi connectivity index (χ2n) is 5.54. The number of nitrogens with two attached hydrogens (primary N) is 1. The van der Waals surface area contributed by atoms with Crippen molar-refractivity contribution in [2.75, 3.05) is 18.0 Å². The van der Waals surface area contributed by atoms with Crippen LogP contribution in [0.2, 0.25) is 0 Å². The first-order chi connectivity index (χ1) is 8.95. The second-order valence-corrected chi connectivity index (χ2v) is 5.54. The summed E-state index contributed by atoms with van der Waals surface area (Å²) in [5, 5.41) is 0. The van der Waals surface area contributed by atoms with E-state index < -0.39 is 5.60 Å². The number of ether oxygens (including phenoxy) is 1. The Morgan fingerprint density at radius 3 is 2.74 bits per heavy atom. The number of unbranched alkanes of at least 4 members (excludes halogenated alkanes) is 1. The normalized spacial score (nSPS) is 17.1. The van der Waals surface area contributed by atoms with Crippen molar-refractivity contribution >= 4 is 11.6 Å². The molecule has 0 aromatic heterocycles. The zero-order valence-electron chi connectivity index (χ0n) is 11.9. The van der Waals surface area contributed by atoms with Crippen molar-refractivity contribution in [2.24, 2.45) is 5.73 Å². The van der Waals surface area contributed by atoms with Crippen LogP contribution < -0.4 is 15.4 Å². The zero-order chi connectivity index (χ0) is 14.0. The number of carbonyl (C=O) groups is 1. The largest absolute Gasteiger partial charge is 0.476 e. The maximum atomic E-state index is 12.5. The first-order valence-corrected chi connectivity index (χ1v) is 6.77. The highest BCUT2D eigenvalue weighted by molar-refractivity contribution is 6.02. The molecule has 0 atom stereocenters. The molecule has 1 aliphatic heterocycles. The number of hydrogen-bond donors (Lipinski definition) is 1. The molecule has 1 aliphatic rings. The summed E-state index contributed by atoms with van der Waals surface area (Å²) in [6, 6.07) is 5.95. The van der Waals surface area contributed by atoms with Crippen molar-refractivity contribution in [1.29, 1.82) is 0 Å². The molecule has 19 heavy (non-hydrogen) atoms. The molecule has 1 aromatic carbocycles. The van der Waals surface area contributed by atoms with Crippen LogP contribution in [0.4, 0.5) is 5.69 Å². The molecule has 1 aromatic rings. The summed E-state index contributed by atoms with van der Waals surface area (Å²) >= 11 is 0. The average molecular weight is 262 g/mol. The number of carbonyl (C=O) groups excluding carboxylic acids is 1.